The first kappa shape index (κ1) is 17.7. The first-order valence-electron chi connectivity index (χ1n) is 7.96. The Morgan fingerprint density at radius 1 is 1.36 bits per heavy atom. The molecule has 0 fully saturated rings. The lowest BCUT2D eigenvalue weighted by molar-refractivity contribution is -0.120. The van der Waals surface area contributed by atoms with Crippen LogP contribution < -0.4 is 0 Å². The summed E-state index contributed by atoms with van der Waals surface area (Å²) >= 11 is 4.11. The zero-order valence-corrected chi connectivity index (χ0v) is 15.5. The van der Waals surface area contributed by atoms with E-state index in [-0.39, 0.29) is 5.91 Å². The molecule has 0 N–H and O–H groups in total. The molecule has 2 heterocycles. The van der Waals surface area contributed by atoms with Crippen molar-refractivity contribution < 1.29 is 9.53 Å². The summed E-state index contributed by atoms with van der Waals surface area (Å²) in [5.74, 6) is 2.25. The Hall–Kier alpha value is -0.620. The van der Waals surface area contributed by atoms with Gasteiger partial charge in [0.1, 0.15) is 6.61 Å². The second-order valence-corrected chi connectivity index (χ2v) is 7.74. The summed E-state index contributed by atoms with van der Waals surface area (Å²) < 4.78 is 7.43. The van der Waals surface area contributed by atoms with Crippen molar-refractivity contribution in [1.29, 1.82) is 0 Å². The van der Waals surface area contributed by atoms with E-state index in [4.69, 9.17) is 9.73 Å². The highest BCUT2D eigenvalue weighted by Gasteiger charge is 2.27. The normalized spacial score (nSPS) is 24.4. The van der Waals surface area contributed by atoms with E-state index >= 15 is 0 Å². The molecule has 22 heavy (non-hydrogen) atoms. The molecule has 6 heteroatoms. The Morgan fingerprint density at radius 3 is 2.59 bits per heavy atom. The highest BCUT2D eigenvalue weighted by molar-refractivity contribution is 8.67. The van der Waals surface area contributed by atoms with Gasteiger partial charge in [-0.1, -0.05) is 39.4 Å². The molecule has 3 atom stereocenters. The maximum absolute atomic E-state index is 11.7. The van der Waals surface area contributed by atoms with E-state index in [1.54, 1.807) is 10.4 Å². The first-order chi connectivity index (χ1) is 10.4. The molecule has 2 aliphatic rings. The molecule has 2 aliphatic heterocycles. The number of thiol groups is 1. The van der Waals surface area contributed by atoms with Gasteiger partial charge in [0.25, 0.3) is 5.91 Å². The zero-order valence-electron chi connectivity index (χ0n) is 13.8. The van der Waals surface area contributed by atoms with E-state index in [1.165, 1.54) is 16.6 Å². The van der Waals surface area contributed by atoms with Crippen molar-refractivity contribution >= 4 is 34.4 Å². The minimum absolute atomic E-state index is 0.0539. The third kappa shape index (κ3) is 4.22. The highest BCUT2D eigenvalue weighted by Crippen LogP contribution is 2.29. The SMILES string of the molecule is CC(CCC(C)C1=NC(C(C)C)CO1)C1=CC(=O)N(SS)C1. The average Bonchev–Trinajstić information content (AvgIpc) is 3.10. The third-order valence-electron chi connectivity index (χ3n) is 4.53. The van der Waals surface area contributed by atoms with Crippen LogP contribution in [0, 0.1) is 17.8 Å². The molecule has 0 radical (unpaired) electrons. The molecule has 0 saturated carbocycles. The van der Waals surface area contributed by atoms with Gasteiger partial charge >= 0.3 is 0 Å². The number of aliphatic imine (C=N–C) groups is 1. The molecule has 0 saturated heterocycles. The summed E-state index contributed by atoms with van der Waals surface area (Å²) in [6.07, 6.45) is 3.83. The molecule has 0 spiro atoms. The van der Waals surface area contributed by atoms with Crippen LogP contribution in [-0.2, 0) is 9.53 Å². The number of hydrogen-bond acceptors (Lipinski definition) is 5. The van der Waals surface area contributed by atoms with Gasteiger partial charge in [0, 0.05) is 23.0 Å². The number of nitrogens with zero attached hydrogens (tertiary/aromatic N) is 2. The van der Waals surface area contributed by atoms with E-state index in [1.807, 2.05) is 0 Å². The van der Waals surface area contributed by atoms with Crippen LogP contribution in [0.15, 0.2) is 16.6 Å². The minimum atomic E-state index is 0.0539. The number of rotatable bonds is 7. The molecule has 124 valence electrons. The fourth-order valence-electron chi connectivity index (χ4n) is 2.72. The maximum Gasteiger partial charge on any atom is 0.257 e. The van der Waals surface area contributed by atoms with E-state index in [9.17, 15) is 4.79 Å². The van der Waals surface area contributed by atoms with Crippen LogP contribution >= 0.6 is 22.6 Å². The summed E-state index contributed by atoms with van der Waals surface area (Å²) in [4.78, 5) is 16.4. The second-order valence-electron chi connectivity index (χ2n) is 6.64. The van der Waals surface area contributed by atoms with Gasteiger partial charge < -0.3 is 4.74 Å². The Balaban J connectivity index is 1.82. The molecule has 0 aromatic carbocycles. The highest BCUT2D eigenvalue weighted by atomic mass is 33.1. The Bertz CT molecular complexity index is 477. The molecule has 0 aromatic rings. The number of hydrogen-bond donors (Lipinski definition) is 1. The lowest BCUT2D eigenvalue weighted by atomic mass is 9.92. The van der Waals surface area contributed by atoms with Crippen LogP contribution in [0.3, 0.4) is 0 Å². The van der Waals surface area contributed by atoms with Crippen molar-refractivity contribution in [3.8, 4) is 0 Å². The van der Waals surface area contributed by atoms with Crippen LogP contribution in [0.2, 0.25) is 0 Å². The zero-order chi connectivity index (χ0) is 16.3. The lowest BCUT2D eigenvalue weighted by Crippen LogP contribution is -2.17. The number of carbonyl (C=O) groups is 1. The fourth-order valence-corrected chi connectivity index (χ4v) is 3.47. The quantitative estimate of drug-likeness (QED) is 0.435. The van der Waals surface area contributed by atoms with Crippen LogP contribution in [0.1, 0.15) is 40.5 Å². The fraction of sp³-hybridized carbons (Fsp3) is 0.750. The molecule has 0 aromatic heterocycles. The molecule has 0 bridgehead atoms. The van der Waals surface area contributed by atoms with Gasteiger partial charge in [0.15, 0.2) is 5.90 Å². The van der Waals surface area contributed by atoms with Crippen LogP contribution in [-0.4, -0.2) is 35.3 Å². The Labute approximate surface area is 142 Å². The monoisotopic (exact) mass is 342 g/mol. The van der Waals surface area contributed by atoms with Gasteiger partial charge in [-0.05, 0) is 30.3 Å². The summed E-state index contributed by atoms with van der Waals surface area (Å²) in [5, 5.41) is 0. The van der Waals surface area contributed by atoms with E-state index in [0.717, 1.165) is 25.3 Å². The first-order valence-corrected chi connectivity index (χ1v) is 9.79. The van der Waals surface area contributed by atoms with Crippen molar-refractivity contribution in [2.75, 3.05) is 13.2 Å². The van der Waals surface area contributed by atoms with E-state index in [2.05, 4.69) is 39.4 Å². The van der Waals surface area contributed by atoms with Gasteiger partial charge in [-0.15, -0.1) is 0 Å². The maximum atomic E-state index is 11.7. The Kier molecular flexibility index (Phi) is 6.26. The molecule has 1 amide bonds. The lowest BCUT2D eigenvalue weighted by Gasteiger charge is -2.17. The van der Waals surface area contributed by atoms with Crippen molar-refractivity contribution in [1.82, 2.24) is 4.31 Å². The van der Waals surface area contributed by atoms with Crippen LogP contribution in [0.4, 0.5) is 0 Å². The minimum Gasteiger partial charge on any atom is -0.478 e. The van der Waals surface area contributed by atoms with Gasteiger partial charge in [-0.25, -0.2) is 4.99 Å². The molecule has 3 unspecified atom stereocenters. The van der Waals surface area contributed by atoms with Crippen molar-refractivity contribution in [3.05, 3.63) is 11.6 Å². The predicted molar refractivity (Wildman–Crippen MR) is 95.9 cm³/mol. The third-order valence-corrected chi connectivity index (χ3v) is 5.63. The topological polar surface area (TPSA) is 41.9 Å². The Morgan fingerprint density at radius 2 is 2.05 bits per heavy atom. The molecule has 4 nitrogen and oxygen atoms in total. The molecular weight excluding hydrogens is 316 g/mol. The summed E-state index contributed by atoms with van der Waals surface area (Å²) in [7, 11) is 1.20. The smallest absolute Gasteiger partial charge is 0.257 e. The molecule has 2 rings (SSSR count). The summed E-state index contributed by atoms with van der Waals surface area (Å²) in [6.45, 7) is 10.1. The van der Waals surface area contributed by atoms with Crippen LogP contribution in [0.25, 0.3) is 0 Å². The standard InChI is InChI=1S/C16H26N2O2S2/c1-10(2)14-9-20-16(17-14)12(4)6-5-11(3)13-7-15(19)18(8-13)22-21/h7,10-12,14,21H,5-6,8-9H2,1-4H3. The van der Waals surface area contributed by atoms with Gasteiger partial charge in [-0.2, -0.15) is 0 Å². The van der Waals surface area contributed by atoms with E-state index < -0.39 is 0 Å². The van der Waals surface area contributed by atoms with E-state index in [0.29, 0.717) is 30.3 Å². The predicted octanol–water partition coefficient (Wildman–Crippen LogP) is 3.75. The van der Waals surface area contributed by atoms with Crippen molar-refractivity contribution in [2.24, 2.45) is 22.7 Å². The number of carbonyl (C=O) groups excluding carboxylic acids is 1. The summed E-state index contributed by atoms with van der Waals surface area (Å²) in [6, 6.07) is 0.311. The number of ether oxygens (including phenoxy) is 1. The summed E-state index contributed by atoms with van der Waals surface area (Å²) in [5.41, 5.74) is 1.20. The van der Waals surface area contributed by atoms with Crippen molar-refractivity contribution in [3.63, 3.8) is 0 Å². The molecular formula is C16H26N2O2S2. The number of amides is 1. The second kappa shape index (κ2) is 7.77. The average molecular weight is 343 g/mol. The van der Waals surface area contributed by atoms with Gasteiger partial charge in [-0.3, -0.25) is 9.10 Å². The largest absolute Gasteiger partial charge is 0.478 e. The van der Waals surface area contributed by atoms with Crippen LogP contribution in [0.5, 0.6) is 0 Å². The van der Waals surface area contributed by atoms with Gasteiger partial charge in [0.05, 0.1) is 12.6 Å². The van der Waals surface area contributed by atoms with Gasteiger partial charge in [0.2, 0.25) is 0 Å². The molecule has 0 aliphatic carbocycles. The van der Waals surface area contributed by atoms with Crippen molar-refractivity contribution in [2.45, 2.75) is 46.6 Å².